The van der Waals surface area contributed by atoms with Gasteiger partial charge in [0, 0.05) is 6.54 Å². The number of carboxylic acid groups (broad SMARTS) is 1. The minimum Gasteiger partial charge on any atom is -0.548 e. The Morgan fingerprint density at radius 3 is 2.12 bits per heavy atom. The van der Waals surface area contributed by atoms with Crippen molar-refractivity contribution in [1.82, 2.24) is 4.31 Å². The fraction of sp³-hybridized carbons (Fsp3) is 0.350. The summed E-state index contributed by atoms with van der Waals surface area (Å²) in [6.07, 6.45) is 0.112. The van der Waals surface area contributed by atoms with E-state index >= 15 is 0 Å². The van der Waals surface area contributed by atoms with Gasteiger partial charge in [-0.2, -0.15) is 4.31 Å². The number of carbonyl (C=O) groups is 1. The first-order chi connectivity index (χ1) is 12.1. The van der Waals surface area contributed by atoms with Crippen LogP contribution in [0.15, 0.2) is 35.2 Å². The number of hydrogen-bond acceptors (Lipinski definition) is 4. The normalized spacial score (nSPS) is 17.8. The number of benzene rings is 2. The molecule has 26 heavy (non-hydrogen) atoms. The Balaban J connectivity index is 2.19. The van der Waals surface area contributed by atoms with Gasteiger partial charge in [0.2, 0.25) is 10.0 Å². The zero-order valence-electron chi connectivity index (χ0n) is 15.4. The van der Waals surface area contributed by atoms with E-state index in [4.69, 9.17) is 0 Å². The van der Waals surface area contributed by atoms with Crippen LogP contribution in [0, 0.1) is 27.7 Å². The van der Waals surface area contributed by atoms with E-state index in [1.165, 1.54) is 0 Å². The fourth-order valence-corrected chi connectivity index (χ4v) is 5.77. The van der Waals surface area contributed by atoms with Crippen molar-refractivity contribution < 1.29 is 18.3 Å². The second-order valence-electron chi connectivity index (χ2n) is 6.95. The van der Waals surface area contributed by atoms with Gasteiger partial charge in [-0.25, -0.2) is 8.42 Å². The van der Waals surface area contributed by atoms with Crippen LogP contribution in [0.5, 0.6) is 0 Å². The lowest BCUT2D eigenvalue weighted by Crippen LogP contribution is -2.53. The molecule has 0 saturated heterocycles. The summed E-state index contributed by atoms with van der Waals surface area (Å²) in [5, 5.41) is 11.7. The standard InChI is InChI=1S/C20H23NO4S/c1-12-9-13(2)15(4)19(14(12)3)26(24,25)21-11-17-8-6-5-7-16(17)10-18(21)20(22)23/h5-9,18H,10-11H2,1-4H3,(H,22,23)/p-1/t18-/m0/s1. The number of rotatable bonds is 3. The van der Waals surface area contributed by atoms with E-state index in [1.54, 1.807) is 13.8 Å². The number of nitrogens with zero attached hydrogens (tertiary/aromatic N) is 1. The summed E-state index contributed by atoms with van der Waals surface area (Å²) in [6, 6.07) is 8.07. The summed E-state index contributed by atoms with van der Waals surface area (Å²) in [7, 11) is -3.99. The van der Waals surface area contributed by atoms with Crippen LogP contribution in [-0.2, 0) is 27.8 Å². The van der Waals surface area contributed by atoms with E-state index in [9.17, 15) is 18.3 Å². The number of sulfonamides is 1. The summed E-state index contributed by atoms with van der Waals surface area (Å²) in [6.45, 7) is 7.29. The fourth-order valence-electron chi connectivity index (χ4n) is 3.64. The maximum Gasteiger partial charge on any atom is 0.244 e. The van der Waals surface area contributed by atoms with Crippen molar-refractivity contribution in [2.75, 3.05) is 0 Å². The Morgan fingerprint density at radius 2 is 1.58 bits per heavy atom. The minimum absolute atomic E-state index is 0.0308. The predicted octanol–water partition coefficient (Wildman–Crippen LogP) is 1.79. The lowest BCUT2D eigenvalue weighted by molar-refractivity contribution is -0.310. The van der Waals surface area contributed by atoms with Crippen LogP contribution in [0.1, 0.15) is 33.4 Å². The Bertz CT molecular complexity index is 969. The van der Waals surface area contributed by atoms with Crippen molar-refractivity contribution in [3.8, 4) is 0 Å². The SMILES string of the molecule is Cc1cc(C)c(C)c(S(=O)(=O)N2Cc3ccccc3C[C@H]2C(=O)[O-])c1C. The van der Waals surface area contributed by atoms with Gasteiger partial charge < -0.3 is 9.90 Å². The summed E-state index contributed by atoms with van der Waals surface area (Å²) in [4.78, 5) is 11.9. The molecule has 1 heterocycles. The molecule has 0 unspecified atom stereocenters. The second kappa shape index (κ2) is 6.52. The number of carbonyl (C=O) groups excluding carboxylic acids is 1. The molecule has 5 nitrogen and oxygen atoms in total. The van der Waals surface area contributed by atoms with Crippen LogP contribution in [0.25, 0.3) is 0 Å². The van der Waals surface area contributed by atoms with E-state index in [2.05, 4.69) is 0 Å². The van der Waals surface area contributed by atoms with E-state index in [1.807, 2.05) is 44.2 Å². The van der Waals surface area contributed by atoms with Crippen molar-refractivity contribution in [3.05, 3.63) is 63.7 Å². The van der Waals surface area contributed by atoms with Crippen LogP contribution in [0.2, 0.25) is 0 Å². The number of aliphatic carboxylic acids is 1. The summed E-state index contributed by atoms with van der Waals surface area (Å²) in [5.74, 6) is -1.37. The number of aryl methyl sites for hydroxylation is 2. The molecule has 0 spiro atoms. The molecule has 3 rings (SSSR count). The Kier molecular flexibility index (Phi) is 4.67. The molecule has 0 fully saturated rings. The molecule has 0 amide bonds. The molecule has 0 bridgehead atoms. The Morgan fingerprint density at radius 1 is 1.04 bits per heavy atom. The van der Waals surface area contributed by atoms with Gasteiger partial charge in [0.05, 0.1) is 16.9 Å². The number of fused-ring (bicyclic) bond motifs is 1. The van der Waals surface area contributed by atoms with Gasteiger partial charge in [0.1, 0.15) is 0 Å². The maximum atomic E-state index is 13.5. The van der Waals surface area contributed by atoms with Gasteiger partial charge in [-0.1, -0.05) is 30.3 Å². The van der Waals surface area contributed by atoms with Gasteiger partial charge in [-0.15, -0.1) is 0 Å². The lowest BCUT2D eigenvalue weighted by Gasteiger charge is -2.37. The van der Waals surface area contributed by atoms with Crippen molar-refractivity contribution in [2.45, 2.75) is 51.6 Å². The highest BCUT2D eigenvalue weighted by Gasteiger charge is 2.38. The molecular weight excluding hydrogens is 350 g/mol. The molecule has 2 aromatic carbocycles. The summed E-state index contributed by atoms with van der Waals surface area (Å²) in [5.41, 5.74) is 4.73. The average molecular weight is 372 g/mol. The topological polar surface area (TPSA) is 77.5 Å². The van der Waals surface area contributed by atoms with Crippen LogP contribution in [0.3, 0.4) is 0 Å². The lowest BCUT2D eigenvalue weighted by atomic mass is 9.96. The highest BCUT2D eigenvalue weighted by molar-refractivity contribution is 7.89. The van der Waals surface area contributed by atoms with Gasteiger partial charge in [0.15, 0.2) is 0 Å². The quantitative estimate of drug-likeness (QED) is 0.823. The molecule has 0 saturated carbocycles. The largest absolute Gasteiger partial charge is 0.548 e. The number of carboxylic acids is 1. The molecule has 0 aromatic heterocycles. The van der Waals surface area contributed by atoms with Crippen LogP contribution < -0.4 is 5.11 Å². The highest BCUT2D eigenvalue weighted by Crippen LogP contribution is 2.33. The van der Waals surface area contributed by atoms with Crippen molar-refractivity contribution >= 4 is 16.0 Å². The molecule has 2 aromatic rings. The first kappa shape index (κ1) is 18.6. The molecular formula is C20H22NO4S-. The molecule has 138 valence electrons. The predicted molar refractivity (Wildman–Crippen MR) is 97.1 cm³/mol. The van der Waals surface area contributed by atoms with Gasteiger partial charge in [-0.3, -0.25) is 0 Å². The third-order valence-corrected chi connectivity index (χ3v) is 7.47. The molecule has 0 N–H and O–H groups in total. The number of hydrogen-bond donors (Lipinski definition) is 0. The zero-order valence-corrected chi connectivity index (χ0v) is 16.2. The summed E-state index contributed by atoms with van der Waals surface area (Å²) >= 11 is 0. The molecule has 1 aliphatic heterocycles. The Hall–Kier alpha value is -2.18. The van der Waals surface area contributed by atoms with Crippen molar-refractivity contribution in [2.24, 2.45) is 0 Å². The van der Waals surface area contributed by atoms with E-state index in [-0.39, 0.29) is 17.9 Å². The van der Waals surface area contributed by atoms with E-state index < -0.39 is 22.0 Å². The minimum atomic E-state index is -3.99. The summed E-state index contributed by atoms with van der Waals surface area (Å²) < 4.78 is 28.1. The van der Waals surface area contributed by atoms with Gasteiger partial charge >= 0.3 is 0 Å². The zero-order chi connectivity index (χ0) is 19.2. The van der Waals surface area contributed by atoms with Crippen LogP contribution >= 0.6 is 0 Å². The van der Waals surface area contributed by atoms with Crippen LogP contribution in [-0.4, -0.2) is 24.7 Å². The molecule has 0 aliphatic carbocycles. The Labute approximate surface area is 154 Å². The highest BCUT2D eigenvalue weighted by atomic mass is 32.2. The molecule has 0 radical (unpaired) electrons. The molecule has 6 heteroatoms. The third-order valence-electron chi connectivity index (χ3n) is 5.34. The first-order valence-electron chi connectivity index (χ1n) is 8.51. The average Bonchev–Trinajstić information content (AvgIpc) is 2.58. The van der Waals surface area contributed by atoms with Crippen molar-refractivity contribution in [1.29, 1.82) is 0 Å². The van der Waals surface area contributed by atoms with E-state index in [0.29, 0.717) is 11.1 Å². The van der Waals surface area contributed by atoms with Gasteiger partial charge in [-0.05, 0) is 67.5 Å². The second-order valence-corrected chi connectivity index (χ2v) is 8.77. The monoisotopic (exact) mass is 372 g/mol. The van der Waals surface area contributed by atoms with E-state index in [0.717, 1.165) is 26.6 Å². The van der Waals surface area contributed by atoms with Crippen molar-refractivity contribution in [3.63, 3.8) is 0 Å². The van der Waals surface area contributed by atoms with Crippen LogP contribution in [0.4, 0.5) is 0 Å². The molecule has 1 atom stereocenters. The van der Waals surface area contributed by atoms with Gasteiger partial charge in [0.25, 0.3) is 0 Å². The first-order valence-corrected chi connectivity index (χ1v) is 9.95. The smallest absolute Gasteiger partial charge is 0.244 e. The maximum absolute atomic E-state index is 13.5. The molecule has 1 aliphatic rings. The third kappa shape index (κ3) is 2.93.